The van der Waals surface area contributed by atoms with E-state index in [-0.39, 0.29) is 36.3 Å². The molecule has 0 unspecified atom stereocenters. The van der Waals surface area contributed by atoms with Crippen LogP contribution in [0.3, 0.4) is 0 Å². The molecule has 3 amide bonds. The number of alkyl carbamates (subject to hydrolysis) is 1. The lowest BCUT2D eigenvalue weighted by molar-refractivity contribution is -0.142. The number of amides is 3. The number of piperazine rings is 1. The maximum absolute atomic E-state index is 13.9. The zero-order chi connectivity index (χ0) is 28.6. The largest absolute Gasteiger partial charge is 0.444 e. The number of carbonyl (C=O) groups excluding carboxylic acids is 3. The Morgan fingerprint density at radius 1 is 1.15 bits per heavy atom. The molecule has 0 spiro atoms. The van der Waals surface area contributed by atoms with Gasteiger partial charge in [0.2, 0.25) is 11.8 Å². The number of carbonyl (C=O) groups is 3. The minimum atomic E-state index is -0.938. The molecule has 40 heavy (non-hydrogen) atoms. The van der Waals surface area contributed by atoms with Crippen molar-refractivity contribution in [1.29, 1.82) is 5.26 Å². The van der Waals surface area contributed by atoms with Gasteiger partial charge in [-0.2, -0.15) is 5.26 Å². The summed E-state index contributed by atoms with van der Waals surface area (Å²) in [6.07, 6.45) is 5.63. The second-order valence-electron chi connectivity index (χ2n) is 12.7. The monoisotopic (exact) mass is 553 g/mol. The number of ether oxygens (including phenoxy) is 1. The van der Waals surface area contributed by atoms with Crippen LogP contribution in [0.4, 0.5) is 9.18 Å². The van der Waals surface area contributed by atoms with E-state index < -0.39 is 29.8 Å². The number of benzene rings is 1. The van der Waals surface area contributed by atoms with Gasteiger partial charge in [0.15, 0.2) is 0 Å². The number of rotatable bonds is 7. The molecule has 216 valence electrons. The topological polar surface area (TPSA) is 106 Å². The first kappa shape index (κ1) is 28.3. The Hall–Kier alpha value is -3.19. The SMILES string of the molecule is CC(C)(C)OC(=O)N[C@@H](CN1C[C@@H]2C[C@H]1C(=O)N2[C@H](c1ccc(F)cc1)C1CCCC1)C(=O)N1CCC[C@H]1C#N. The molecule has 1 saturated carbocycles. The van der Waals surface area contributed by atoms with E-state index >= 15 is 0 Å². The van der Waals surface area contributed by atoms with Crippen LogP contribution in [-0.2, 0) is 14.3 Å². The molecule has 0 radical (unpaired) electrons. The van der Waals surface area contributed by atoms with Crippen molar-refractivity contribution in [3.63, 3.8) is 0 Å². The van der Waals surface area contributed by atoms with Gasteiger partial charge < -0.3 is 19.9 Å². The molecule has 0 aromatic heterocycles. The second kappa shape index (κ2) is 11.4. The summed E-state index contributed by atoms with van der Waals surface area (Å²) in [6.45, 7) is 6.47. The van der Waals surface area contributed by atoms with Crippen molar-refractivity contribution in [2.45, 2.75) is 102 Å². The van der Waals surface area contributed by atoms with Crippen LogP contribution >= 0.6 is 0 Å². The Kier molecular flexibility index (Phi) is 8.05. The molecule has 4 fully saturated rings. The van der Waals surface area contributed by atoms with Crippen LogP contribution in [0.1, 0.15) is 77.3 Å². The Bertz CT molecular complexity index is 1160. The van der Waals surface area contributed by atoms with E-state index in [1.165, 1.54) is 17.0 Å². The van der Waals surface area contributed by atoms with Gasteiger partial charge in [-0.1, -0.05) is 25.0 Å². The third kappa shape index (κ3) is 5.80. The highest BCUT2D eigenvalue weighted by Gasteiger charge is 2.54. The van der Waals surface area contributed by atoms with E-state index in [2.05, 4.69) is 11.4 Å². The summed E-state index contributed by atoms with van der Waals surface area (Å²) in [7, 11) is 0. The fourth-order valence-corrected chi connectivity index (χ4v) is 7.08. The molecule has 4 aliphatic rings. The van der Waals surface area contributed by atoms with Crippen LogP contribution < -0.4 is 5.32 Å². The lowest BCUT2D eigenvalue weighted by Gasteiger charge is -2.42. The van der Waals surface area contributed by atoms with Gasteiger partial charge in [0, 0.05) is 25.7 Å². The second-order valence-corrected chi connectivity index (χ2v) is 12.7. The first-order valence-corrected chi connectivity index (χ1v) is 14.6. The summed E-state index contributed by atoms with van der Waals surface area (Å²) in [5.74, 6) is -0.253. The fraction of sp³-hybridized carbons (Fsp3) is 0.667. The molecule has 1 aliphatic carbocycles. The number of likely N-dealkylation sites (tertiary alicyclic amines) is 3. The van der Waals surface area contributed by atoms with Crippen molar-refractivity contribution in [1.82, 2.24) is 20.0 Å². The average molecular weight is 554 g/mol. The number of hydrogen-bond donors (Lipinski definition) is 1. The first-order valence-electron chi connectivity index (χ1n) is 14.6. The minimum Gasteiger partial charge on any atom is -0.444 e. The molecule has 1 aromatic carbocycles. The van der Waals surface area contributed by atoms with E-state index in [1.54, 1.807) is 32.9 Å². The van der Waals surface area contributed by atoms with Gasteiger partial charge in [-0.15, -0.1) is 0 Å². The van der Waals surface area contributed by atoms with Crippen molar-refractivity contribution >= 4 is 17.9 Å². The van der Waals surface area contributed by atoms with Crippen LogP contribution in [0.2, 0.25) is 0 Å². The summed E-state index contributed by atoms with van der Waals surface area (Å²) >= 11 is 0. The number of hydrogen-bond acceptors (Lipinski definition) is 6. The van der Waals surface area contributed by atoms with Crippen LogP contribution in [0, 0.1) is 23.1 Å². The van der Waals surface area contributed by atoms with Gasteiger partial charge >= 0.3 is 6.09 Å². The number of fused-ring (bicyclic) bond motifs is 2. The highest BCUT2D eigenvalue weighted by atomic mass is 19.1. The number of nitrogens with one attached hydrogen (secondary N) is 1. The molecular weight excluding hydrogens is 513 g/mol. The van der Waals surface area contributed by atoms with E-state index in [9.17, 15) is 24.0 Å². The molecule has 3 heterocycles. The van der Waals surface area contributed by atoms with Crippen molar-refractivity contribution in [3.8, 4) is 6.07 Å². The maximum Gasteiger partial charge on any atom is 0.408 e. The highest BCUT2D eigenvalue weighted by Crippen LogP contribution is 2.45. The predicted molar refractivity (Wildman–Crippen MR) is 145 cm³/mol. The Morgan fingerprint density at radius 3 is 2.48 bits per heavy atom. The molecule has 9 nitrogen and oxygen atoms in total. The van der Waals surface area contributed by atoms with Crippen LogP contribution in [0.25, 0.3) is 0 Å². The van der Waals surface area contributed by atoms with Crippen molar-refractivity contribution in [2.75, 3.05) is 19.6 Å². The molecule has 5 rings (SSSR count). The zero-order valence-corrected chi connectivity index (χ0v) is 23.6. The molecule has 3 saturated heterocycles. The highest BCUT2D eigenvalue weighted by molar-refractivity contribution is 5.88. The Labute approximate surface area is 235 Å². The maximum atomic E-state index is 13.9. The quantitative estimate of drug-likeness (QED) is 0.551. The molecule has 2 bridgehead atoms. The molecule has 1 aromatic rings. The summed E-state index contributed by atoms with van der Waals surface area (Å²) in [5, 5.41) is 12.3. The Balaban J connectivity index is 1.34. The lowest BCUT2D eigenvalue weighted by Crippen LogP contribution is -2.59. The predicted octanol–water partition coefficient (Wildman–Crippen LogP) is 3.75. The van der Waals surface area contributed by atoms with E-state index in [1.807, 2.05) is 9.80 Å². The normalized spacial score (nSPS) is 26.7. The Morgan fingerprint density at radius 2 is 1.85 bits per heavy atom. The minimum absolute atomic E-state index is 0.0240. The van der Waals surface area contributed by atoms with Gasteiger partial charge in [0.1, 0.15) is 23.5 Å². The van der Waals surface area contributed by atoms with Crippen molar-refractivity contribution in [2.24, 2.45) is 5.92 Å². The van der Waals surface area contributed by atoms with Gasteiger partial charge in [-0.05, 0) is 76.5 Å². The lowest BCUT2D eigenvalue weighted by atomic mass is 9.89. The van der Waals surface area contributed by atoms with Crippen LogP contribution in [0.5, 0.6) is 0 Å². The fourth-order valence-electron chi connectivity index (χ4n) is 7.08. The molecular formula is C30H40FN5O4. The van der Waals surface area contributed by atoms with Gasteiger partial charge in [-0.3, -0.25) is 14.5 Å². The third-order valence-electron chi connectivity index (χ3n) is 8.76. The molecule has 1 N–H and O–H groups in total. The third-order valence-corrected chi connectivity index (χ3v) is 8.76. The van der Waals surface area contributed by atoms with Crippen molar-refractivity contribution < 1.29 is 23.5 Å². The summed E-state index contributed by atoms with van der Waals surface area (Å²) in [5.41, 5.74) is 0.233. The molecule has 10 heteroatoms. The number of nitriles is 1. The van der Waals surface area contributed by atoms with Gasteiger partial charge in [-0.25, -0.2) is 9.18 Å². The number of halogens is 1. The first-order chi connectivity index (χ1) is 19.1. The molecule has 3 aliphatic heterocycles. The van der Waals surface area contributed by atoms with E-state index in [4.69, 9.17) is 4.74 Å². The van der Waals surface area contributed by atoms with Crippen molar-refractivity contribution in [3.05, 3.63) is 35.6 Å². The molecule has 5 atom stereocenters. The van der Waals surface area contributed by atoms with Gasteiger partial charge in [0.25, 0.3) is 0 Å². The average Bonchev–Trinajstić information content (AvgIpc) is 3.69. The van der Waals surface area contributed by atoms with E-state index in [0.717, 1.165) is 37.7 Å². The van der Waals surface area contributed by atoms with Crippen LogP contribution in [0.15, 0.2) is 24.3 Å². The van der Waals surface area contributed by atoms with Crippen LogP contribution in [-0.4, -0.2) is 82.0 Å². The van der Waals surface area contributed by atoms with E-state index in [0.29, 0.717) is 31.8 Å². The summed E-state index contributed by atoms with van der Waals surface area (Å²) < 4.78 is 19.2. The zero-order valence-electron chi connectivity index (χ0n) is 23.6. The van der Waals surface area contributed by atoms with Gasteiger partial charge in [0.05, 0.1) is 18.2 Å². The number of nitrogens with zero attached hydrogens (tertiary/aromatic N) is 4. The summed E-state index contributed by atoms with van der Waals surface area (Å²) in [6, 6.07) is 6.76. The standard InChI is InChI=1S/C30H40FN5O4/c1-30(2,3)40-29(39)33-24(27(37)35-14-6-9-22(35)16-32)18-34-17-23-15-25(34)28(38)36(23)26(19-7-4-5-8-19)20-10-12-21(31)13-11-20/h10-13,19,22-26H,4-9,14-15,17-18H2,1-3H3,(H,33,39)/t22-,23-,24-,25-,26-/m0/s1. The summed E-state index contributed by atoms with van der Waals surface area (Å²) in [4.78, 5) is 45.8. The smallest absolute Gasteiger partial charge is 0.408 e.